The van der Waals surface area contributed by atoms with E-state index < -0.39 is 0 Å². The van der Waals surface area contributed by atoms with Gasteiger partial charge in [-0.1, -0.05) is 18.2 Å². The van der Waals surface area contributed by atoms with E-state index in [0.717, 1.165) is 5.56 Å². The number of benzene rings is 1. The van der Waals surface area contributed by atoms with Gasteiger partial charge in [-0.05, 0) is 31.0 Å². The average Bonchev–Trinajstić information content (AvgIpc) is 2.30. The summed E-state index contributed by atoms with van der Waals surface area (Å²) in [5, 5.41) is 8.70. The van der Waals surface area contributed by atoms with Crippen LogP contribution >= 0.6 is 0 Å². The maximum atomic E-state index is 11.0. The summed E-state index contributed by atoms with van der Waals surface area (Å²) in [4.78, 5) is 11.0. The Hall–Kier alpha value is -2.08. The minimum Gasteiger partial charge on any atom is -0.463 e. The number of rotatable bonds is 4. The van der Waals surface area contributed by atoms with Crippen LogP contribution in [0.25, 0.3) is 0 Å². The molecule has 0 bridgehead atoms. The zero-order chi connectivity index (χ0) is 11.8. The predicted octanol–water partition coefficient (Wildman–Crippen LogP) is 2.22. The molecule has 0 saturated carbocycles. The van der Waals surface area contributed by atoms with Crippen molar-refractivity contribution in [2.24, 2.45) is 0 Å². The van der Waals surface area contributed by atoms with E-state index in [1.54, 1.807) is 25.1 Å². The summed E-state index contributed by atoms with van der Waals surface area (Å²) >= 11 is 0. The quantitative estimate of drug-likeness (QED) is 0.571. The molecule has 0 aliphatic heterocycles. The zero-order valence-electron chi connectivity index (χ0n) is 9.14. The first kappa shape index (κ1) is 12.0. The smallest absolute Gasteiger partial charge is 0.330 e. The summed E-state index contributed by atoms with van der Waals surface area (Å²) in [5.74, 6) is -0.334. The Bertz CT molecular complexity index is 430. The van der Waals surface area contributed by atoms with Crippen LogP contribution in [0.5, 0.6) is 0 Å². The van der Waals surface area contributed by atoms with Crippen LogP contribution in [0, 0.1) is 11.3 Å². The Morgan fingerprint density at radius 2 is 2.38 bits per heavy atom. The molecule has 16 heavy (non-hydrogen) atoms. The first-order valence-electron chi connectivity index (χ1n) is 5.08. The summed E-state index contributed by atoms with van der Waals surface area (Å²) < 4.78 is 4.75. The van der Waals surface area contributed by atoms with Gasteiger partial charge in [-0.3, -0.25) is 0 Å². The first-order valence-corrected chi connectivity index (χ1v) is 5.08. The third-order valence-corrected chi connectivity index (χ3v) is 1.95. The standard InChI is InChI=1S/C13H13NO2/c1-2-16-13(15)8-4-6-11-5-3-7-12(9-11)10-14/h3-5,7-9H,2,6H2,1H3. The fourth-order valence-electron chi connectivity index (χ4n) is 1.25. The van der Waals surface area contributed by atoms with E-state index in [-0.39, 0.29) is 5.97 Å². The molecule has 0 atom stereocenters. The van der Waals surface area contributed by atoms with E-state index in [2.05, 4.69) is 6.07 Å². The van der Waals surface area contributed by atoms with Crippen molar-refractivity contribution in [3.8, 4) is 6.07 Å². The normalized spacial score (nSPS) is 10.0. The summed E-state index contributed by atoms with van der Waals surface area (Å²) in [7, 11) is 0. The van der Waals surface area contributed by atoms with Gasteiger partial charge in [-0.2, -0.15) is 5.26 Å². The van der Waals surface area contributed by atoms with Crippen molar-refractivity contribution in [2.75, 3.05) is 6.61 Å². The fraction of sp³-hybridized carbons (Fsp3) is 0.231. The lowest BCUT2D eigenvalue weighted by atomic mass is 10.1. The van der Waals surface area contributed by atoms with Crippen molar-refractivity contribution in [3.05, 3.63) is 47.5 Å². The molecule has 1 rings (SSSR count). The monoisotopic (exact) mass is 215 g/mol. The second-order valence-corrected chi connectivity index (χ2v) is 3.17. The van der Waals surface area contributed by atoms with Crippen LogP contribution in [0.2, 0.25) is 0 Å². The molecule has 0 unspecified atom stereocenters. The molecule has 1 aromatic rings. The van der Waals surface area contributed by atoms with Crippen LogP contribution in [0.15, 0.2) is 36.4 Å². The number of nitrogens with zero attached hydrogens (tertiary/aromatic N) is 1. The third kappa shape index (κ3) is 3.97. The van der Waals surface area contributed by atoms with E-state index >= 15 is 0 Å². The fourth-order valence-corrected chi connectivity index (χ4v) is 1.25. The second-order valence-electron chi connectivity index (χ2n) is 3.17. The molecule has 1 aromatic carbocycles. The van der Waals surface area contributed by atoms with Crippen molar-refractivity contribution in [1.29, 1.82) is 5.26 Å². The number of carbonyl (C=O) groups excluding carboxylic acids is 1. The van der Waals surface area contributed by atoms with E-state index in [1.807, 2.05) is 12.1 Å². The lowest BCUT2D eigenvalue weighted by Crippen LogP contribution is -1.99. The van der Waals surface area contributed by atoms with Crippen LogP contribution in [0.4, 0.5) is 0 Å². The van der Waals surface area contributed by atoms with Crippen LogP contribution < -0.4 is 0 Å². The van der Waals surface area contributed by atoms with Crippen molar-refractivity contribution in [1.82, 2.24) is 0 Å². The van der Waals surface area contributed by atoms with Crippen LogP contribution in [-0.2, 0) is 16.0 Å². The molecular formula is C13H13NO2. The summed E-state index contributed by atoms with van der Waals surface area (Å²) in [6.45, 7) is 2.15. The van der Waals surface area contributed by atoms with Crippen molar-refractivity contribution in [3.63, 3.8) is 0 Å². The van der Waals surface area contributed by atoms with E-state index in [1.165, 1.54) is 6.08 Å². The topological polar surface area (TPSA) is 50.1 Å². The maximum Gasteiger partial charge on any atom is 0.330 e. The highest BCUT2D eigenvalue weighted by Gasteiger charge is 1.95. The molecule has 0 spiro atoms. The molecule has 0 amide bonds. The minimum absolute atomic E-state index is 0.334. The molecule has 0 radical (unpaired) electrons. The van der Waals surface area contributed by atoms with Gasteiger partial charge >= 0.3 is 5.97 Å². The highest BCUT2D eigenvalue weighted by atomic mass is 16.5. The zero-order valence-corrected chi connectivity index (χ0v) is 9.14. The van der Waals surface area contributed by atoms with Crippen molar-refractivity contribution >= 4 is 5.97 Å². The number of hydrogen-bond acceptors (Lipinski definition) is 3. The van der Waals surface area contributed by atoms with Gasteiger partial charge in [0.05, 0.1) is 18.2 Å². The van der Waals surface area contributed by atoms with E-state index in [9.17, 15) is 4.79 Å². The lowest BCUT2D eigenvalue weighted by molar-refractivity contribution is -0.137. The lowest BCUT2D eigenvalue weighted by Gasteiger charge is -1.97. The molecule has 0 aliphatic carbocycles. The molecule has 0 saturated heterocycles. The van der Waals surface area contributed by atoms with E-state index in [4.69, 9.17) is 10.00 Å². The molecule has 82 valence electrons. The number of ether oxygens (including phenoxy) is 1. The van der Waals surface area contributed by atoms with Gasteiger partial charge in [-0.25, -0.2) is 4.79 Å². The van der Waals surface area contributed by atoms with E-state index in [0.29, 0.717) is 18.6 Å². The van der Waals surface area contributed by atoms with Gasteiger partial charge in [0.15, 0.2) is 0 Å². The Labute approximate surface area is 95.0 Å². The SMILES string of the molecule is CCOC(=O)C=CCc1cccc(C#N)c1. The number of nitriles is 1. The molecule has 3 nitrogen and oxygen atoms in total. The predicted molar refractivity (Wildman–Crippen MR) is 60.6 cm³/mol. The average molecular weight is 215 g/mol. The van der Waals surface area contributed by atoms with Crippen LogP contribution in [-0.4, -0.2) is 12.6 Å². The van der Waals surface area contributed by atoms with Gasteiger partial charge in [0, 0.05) is 6.08 Å². The Kier molecular flexibility index (Phi) is 4.81. The molecule has 0 aliphatic rings. The molecule has 0 heterocycles. The summed E-state index contributed by atoms with van der Waals surface area (Å²) in [6, 6.07) is 9.36. The van der Waals surface area contributed by atoms with Gasteiger partial charge in [-0.15, -0.1) is 0 Å². The Balaban J connectivity index is 2.54. The molecule has 0 N–H and O–H groups in total. The molecule has 0 fully saturated rings. The first-order chi connectivity index (χ1) is 7.76. The third-order valence-electron chi connectivity index (χ3n) is 1.95. The van der Waals surface area contributed by atoms with Crippen LogP contribution in [0.3, 0.4) is 0 Å². The van der Waals surface area contributed by atoms with Crippen molar-refractivity contribution in [2.45, 2.75) is 13.3 Å². The van der Waals surface area contributed by atoms with Gasteiger partial charge in [0.2, 0.25) is 0 Å². The molecule has 0 aromatic heterocycles. The minimum atomic E-state index is -0.334. The molecule has 3 heteroatoms. The number of esters is 1. The summed E-state index contributed by atoms with van der Waals surface area (Å²) in [6.07, 6.45) is 3.76. The van der Waals surface area contributed by atoms with Gasteiger partial charge in [0.1, 0.15) is 0 Å². The van der Waals surface area contributed by atoms with Gasteiger partial charge in [0.25, 0.3) is 0 Å². The number of allylic oxidation sites excluding steroid dienone is 1. The highest BCUT2D eigenvalue weighted by Crippen LogP contribution is 2.05. The highest BCUT2D eigenvalue weighted by molar-refractivity contribution is 5.81. The summed E-state index contributed by atoms with van der Waals surface area (Å²) in [5.41, 5.74) is 1.63. The van der Waals surface area contributed by atoms with Gasteiger partial charge < -0.3 is 4.74 Å². The number of carbonyl (C=O) groups is 1. The Morgan fingerprint density at radius 1 is 1.56 bits per heavy atom. The second kappa shape index (κ2) is 6.41. The van der Waals surface area contributed by atoms with Crippen molar-refractivity contribution < 1.29 is 9.53 Å². The number of hydrogen-bond donors (Lipinski definition) is 0. The largest absolute Gasteiger partial charge is 0.463 e. The molecular weight excluding hydrogens is 202 g/mol. The maximum absolute atomic E-state index is 11.0. The Morgan fingerprint density at radius 3 is 3.06 bits per heavy atom. The van der Waals surface area contributed by atoms with Crippen LogP contribution in [0.1, 0.15) is 18.1 Å².